The molecule has 109 heavy (non-hydrogen) atoms. The van der Waals surface area contributed by atoms with E-state index in [4.69, 9.17) is 66.3 Å². The first-order valence-electron chi connectivity index (χ1n) is 40.4. The van der Waals surface area contributed by atoms with E-state index in [1.165, 1.54) is 43.2 Å². The summed E-state index contributed by atoms with van der Waals surface area (Å²) in [5.74, 6) is 2.73. The van der Waals surface area contributed by atoms with Gasteiger partial charge in [-0.25, -0.2) is 0 Å². The lowest BCUT2D eigenvalue weighted by Gasteiger charge is -2.38. The number of esters is 6. The Morgan fingerprint density at radius 3 is 0.789 bits per heavy atom. The van der Waals surface area contributed by atoms with E-state index in [9.17, 15) is 28.8 Å². The highest BCUT2D eigenvalue weighted by Crippen LogP contribution is 2.37. The number of hydrogen-bond acceptors (Lipinski definition) is 20. The van der Waals surface area contributed by atoms with Crippen molar-refractivity contribution in [2.75, 3.05) is 94.5 Å². The average Bonchev–Trinajstić information content (AvgIpc) is 0.824. The predicted molar refractivity (Wildman–Crippen MR) is 442 cm³/mol. The molecule has 640 valence electrons. The Morgan fingerprint density at radius 1 is 0.339 bits per heavy atom. The van der Waals surface area contributed by atoms with Crippen molar-refractivity contribution in [2.45, 2.75) is 334 Å². The third-order valence-corrected chi connectivity index (χ3v) is 19.6. The monoisotopic (exact) mass is 1550 g/mol. The van der Waals surface area contributed by atoms with Gasteiger partial charge in [-0.2, -0.15) is 0 Å². The molecule has 4 atom stereocenters. The van der Waals surface area contributed by atoms with Gasteiger partial charge in [-0.15, -0.1) is 0 Å². The van der Waals surface area contributed by atoms with Crippen LogP contribution in [0.15, 0.2) is 48.5 Å². The SMILES string of the molecule is CCC(C)(C)C(=O)OC(C)(C)C.CCC(C)(C)C(=O)OC(C)(C)C1CCCCC1.CCC(C)(C)C(=O)OCCOC.CCC(C)(C)C(=O)OCCOC.CCC(C)(C)C(=O)OCCOC.CCC(C)(C)C(=O)OCCOC.CCOC(C)Oc1ccc(C(C)CC)cc1.CCOC(C)Oc1ccc(C(C)CC)cc1. The van der Waals surface area contributed by atoms with Crippen LogP contribution < -0.4 is 9.47 Å². The molecule has 0 radical (unpaired) electrons. The van der Waals surface area contributed by atoms with Gasteiger partial charge < -0.3 is 66.3 Å². The minimum absolute atomic E-state index is 0.0458. The molecule has 0 N–H and O–H groups in total. The van der Waals surface area contributed by atoms with Gasteiger partial charge in [0.05, 0.1) is 58.9 Å². The quantitative estimate of drug-likeness (QED) is 0.0263. The fourth-order valence-corrected chi connectivity index (χ4v) is 8.33. The molecule has 1 fully saturated rings. The summed E-state index contributed by atoms with van der Waals surface area (Å²) in [5, 5.41) is 0. The lowest BCUT2D eigenvalue weighted by Crippen LogP contribution is -2.41. The summed E-state index contributed by atoms with van der Waals surface area (Å²) in [6.07, 6.45) is 13.1. The summed E-state index contributed by atoms with van der Waals surface area (Å²) in [4.78, 5) is 68.8. The molecule has 2 aromatic rings. The highest BCUT2D eigenvalue weighted by atomic mass is 16.7. The van der Waals surface area contributed by atoms with E-state index in [1.807, 2.05) is 197 Å². The van der Waals surface area contributed by atoms with Gasteiger partial charge in [0.25, 0.3) is 0 Å². The van der Waals surface area contributed by atoms with Crippen molar-refractivity contribution in [2.24, 2.45) is 38.4 Å². The van der Waals surface area contributed by atoms with Crippen LogP contribution in [0, 0.1) is 38.4 Å². The molecule has 0 spiro atoms. The molecular formula is C89H164O20. The molecular weight excluding hydrogens is 1390 g/mol. The fraction of sp³-hybridized carbons (Fsp3) is 0.798. The lowest BCUT2D eigenvalue weighted by molar-refractivity contribution is -0.174. The first-order valence-corrected chi connectivity index (χ1v) is 40.4. The molecule has 1 aliphatic carbocycles. The van der Waals surface area contributed by atoms with E-state index < -0.39 is 0 Å². The Bertz CT molecular complexity index is 2430. The molecule has 1 aliphatic rings. The fourth-order valence-electron chi connectivity index (χ4n) is 8.33. The second-order valence-electron chi connectivity index (χ2n) is 32.8. The number of methoxy groups -OCH3 is 4. The van der Waals surface area contributed by atoms with E-state index in [-0.39, 0.29) is 92.1 Å². The third-order valence-electron chi connectivity index (χ3n) is 19.6. The van der Waals surface area contributed by atoms with Gasteiger partial charge in [-0.1, -0.05) is 113 Å². The summed E-state index contributed by atoms with van der Waals surface area (Å²) in [6, 6.07) is 16.6. The van der Waals surface area contributed by atoms with Crippen molar-refractivity contribution in [3.63, 3.8) is 0 Å². The van der Waals surface area contributed by atoms with Crippen LogP contribution in [-0.2, 0) is 85.6 Å². The zero-order valence-corrected chi connectivity index (χ0v) is 75.9. The van der Waals surface area contributed by atoms with Crippen molar-refractivity contribution in [3.05, 3.63) is 59.7 Å². The molecule has 0 aromatic heterocycles. The van der Waals surface area contributed by atoms with Crippen LogP contribution in [0.2, 0.25) is 0 Å². The number of carbonyl (C=O) groups is 6. The highest BCUT2D eigenvalue weighted by molar-refractivity contribution is 5.78. The Kier molecular flexibility index (Phi) is 62.0. The second-order valence-corrected chi connectivity index (χ2v) is 32.8. The van der Waals surface area contributed by atoms with E-state index in [2.05, 4.69) is 65.8 Å². The number of benzene rings is 2. The summed E-state index contributed by atoms with van der Waals surface area (Å²) >= 11 is 0. The number of hydrogen-bond donors (Lipinski definition) is 0. The van der Waals surface area contributed by atoms with E-state index in [1.54, 1.807) is 28.4 Å². The number of rotatable bonds is 38. The first-order chi connectivity index (χ1) is 50.5. The van der Waals surface area contributed by atoms with E-state index in [0.717, 1.165) is 62.9 Å². The standard InChI is InChI=1S/C15H28O2.2C14H22O2.C10H20O2.4C9H18O3/c1-6-14(2,3)13(16)17-15(4,5)12-10-8-7-9-11-12;2*1-5-11(3)13-7-9-14(10-8-13)16-12(4)15-6-2;1-7-10(5,6)8(11)12-9(2,3)4;4*1-5-9(2,3)8(10)12-7-6-11-4/h12H,6-11H2,1-5H3;2*7-12H,5-6H2,1-4H3;7H2,1-6H3;4*5-7H2,1-4H3. The third kappa shape index (κ3) is 54.1. The Balaban J connectivity index is -0.000000380. The molecule has 0 saturated heterocycles. The molecule has 0 heterocycles. The zero-order chi connectivity index (χ0) is 85.5. The van der Waals surface area contributed by atoms with Gasteiger partial charge in [-0.3, -0.25) is 28.8 Å². The minimum Gasteiger partial charge on any atom is -0.465 e. The largest absolute Gasteiger partial charge is 0.465 e. The molecule has 20 nitrogen and oxygen atoms in total. The van der Waals surface area contributed by atoms with Gasteiger partial charge in [0.15, 0.2) is 12.6 Å². The summed E-state index contributed by atoms with van der Waals surface area (Å²) in [5.41, 5.74) is -0.131. The Morgan fingerprint density at radius 2 is 0.578 bits per heavy atom. The minimum atomic E-state index is -0.372. The summed E-state index contributed by atoms with van der Waals surface area (Å²) in [7, 11) is 6.33. The first kappa shape index (κ1) is 112. The van der Waals surface area contributed by atoms with Crippen LogP contribution in [0.3, 0.4) is 0 Å². The number of ether oxygens (including phenoxy) is 14. The van der Waals surface area contributed by atoms with Gasteiger partial charge >= 0.3 is 35.8 Å². The lowest BCUT2D eigenvalue weighted by atomic mass is 9.78. The molecule has 0 bridgehead atoms. The van der Waals surface area contributed by atoms with Gasteiger partial charge in [-0.05, 0) is 263 Å². The zero-order valence-electron chi connectivity index (χ0n) is 75.9. The molecule has 2 aromatic carbocycles. The summed E-state index contributed by atoms with van der Waals surface area (Å²) < 4.78 is 71.8. The van der Waals surface area contributed by atoms with Crippen molar-refractivity contribution >= 4 is 35.8 Å². The smallest absolute Gasteiger partial charge is 0.312 e. The van der Waals surface area contributed by atoms with Crippen LogP contribution >= 0.6 is 0 Å². The van der Waals surface area contributed by atoms with Crippen LogP contribution in [0.1, 0.15) is 321 Å². The Hall–Kier alpha value is -5.38. The van der Waals surface area contributed by atoms with Crippen molar-refractivity contribution < 1.29 is 95.1 Å². The van der Waals surface area contributed by atoms with Crippen LogP contribution in [0.5, 0.6) is 11.5 Å². The predicted octanol–water partition coefficient (Wildman–Crippen LogP) is 21.5. The van der Waals surface area contributed by atoms with Gasteiger partial charge in [0.1, 0.15) is 49.1 Å². The molecule has 4 unspecified atom stereocenters. The van der Waals surface area contributed by atoms with Gasteiger partial charge in [0.2, 0.25) is 0 Å². The highest BCUT2D eigenvalue weighted by Gasteiger charge is 2.39. The van der Waals surface area contributed by atoms with Crippen molar-refractivity contribution in [1.82, 2.24) is 0 Å². The molecule has 1 saturated carbocycles. The van der Waals surface area contributed by atoms with Crippen LogP contribution in [0.25, 0.3) is 0 Å². The molecule has 0 amide bonds. The van der Waals surface area contributed by atoms with Gasteiger partial charge in [0, 0.05) is 41.7 Å². The van der Waals surface area contributed by atoms with E-state index in [0.29, 0.717) is 83.8 Å². The molecule has 0 aliphatic heterocycles. The maximum Gasteiger partial charge on any atom is 0.312 e. The summed E-state index contributed by atoms with van der Waals surface area (Å²) in [6.45, 7) is 65.7. The number of carbonyl (C=O) groups excluding carboxylic acids is 6. The average molecular weight is 1550 g/mol. The Labute approximate surface area is 665 Å². The van der Waals surface area contributed by atoms with Crippen LogP contribution in [0.4, 0.5) is 0 Å². The topological polar surface area (TPSA) is 232 Å². The second kappa shape index (κ2) is 60.3. The maximum atomic E-state index is 12.1. The van der Waals surface area contributed by atoms with E-state index >= 15 is 0 Å². The van der Waals surface area contributed by atoms with Crippen LogP contribution in [-0.4, -0.2) is 154 Å². The maximum absolute atomic E-state index is 12.1. The van der Waals surface area contributed by atoms with Crippen molar-refractivity contribution in [1.29, 1.82) is 0 Å². The molecule has 3 rings (SSSR count). The normalized spacial score (nSPS) is 13.6. The van der Waals surface area contributed by atoms with Crippen molar-refractivity contribution in [3.8, 4) is 11.5 Å². The molecule has 20 heteroatoms.